The molecule has 0 radical (unpaired) electrons. The zero-order chi connectivity index (χ0) is 25.1. The fourth-order valence-electron chi connectivity index (χ4n) is 6.15. The van der Waals surface area contributed by atoms with E-state index in [1.807, 2.05) is 11.3 Å². The van der Waals surface area contributed by atoms with Gasteiger partial charge in [0.25, 0.3) is 0 Å². The number of rotatable bonds is 4. The van der Waals surface area contributed by atoms with Gasteiger partial charge in [-0.3, -0.25) is 0 Å². The van der Waals surface area contributed by atoms with Crippen molar-refractivity contribution in [2.24, 2.45) is 0 Å². The molecule has 0 saturated heterocycles. The van der Waals surface area contributed by atoms with E-state index in [0.29, 0.717) is 0 Å². The average molecular weight is 496 g/mol. The number of hydrogen-bond donors (Lipinski definition) is 0. The van der Waals surface area contributed by atoms with Crippen molar-refractivity contribution < 1.29 is 0 Å². The number of fused-ring (bicyclic) bond motifs is 7. The largest absolute Gasteiger partial charge is 0.342 e. The molecule has 2 heteroatoms. The molecule has 6 aromatic rings. The number of hydrogen-bond acceptors (Lipinski definition) is 2. The Labute approximate surface area is 222 Å². The molecule has 1 aliphatic carbocycles. The van der Waals surface area contributed by atoms with Crippen LogP contribution in [0.4, 0.5) is 11.4 Å². The van der Waals surface area contributed by atoms with Gasteiger partial charge in [0.15, 0.2) is 0 Å². The van der Waals surface area contributed by atoms with E-state index < -0.39 is 0 Å². The fourth-order valence-corrected chi connectivity index (χ4v) is 7.42. The van der Waals surface area contributed by atoms with E-state index in [0.717, 1.165) is 6.54 Å². The van der Waals surface area contributed by atoms with E-state index in [2.05, 4.69) is 135 Å². The lowest BCUT2D eigenvalue weighted by Crippen LogP contribution is -2.17. The predicted molar refractivity (Wildman–Crippen MR) is 161 cm³/mol. The molecule has 0 aliphatic heterocycles. The summed E-state index contributed by atoms with van der Waals surface area (Å²) < 4.78 is 2.78. The van der Waals surface area contributed by atoms with Gasteiger partial charge < -0.3 is 4.90 Å². The van der Waals surface area contributed by atoms with E-state index in [1.165, 1.54) is 64.9 Å². The molecule has 1 aromatic heterocycles. The first-order chi connectivity index (χ1) is 18.1. The van der Waals surface area contributed by atoms with Crippen molar-refractivity contribution in [2.45, 2.75) is 26.2 Å². The van der Waals surface area contributed by atoms with Gasteiger partial charge in [0.1, 0.15) is 0 Å². The lowest BCUT2D eigenvalue weighted by atomic mass is 9.82. The van der Waals surface area contributed by atoms with Gasteiger partial charge in [0, 0.05) is 49.1 Å². The monoisotopic (exact) mass is 495 g/mol. The van der Waals surface area contributed by atoms with Crippen LogP contribution in [0.2, 0.25) is 0 Å². The Balaban J connectivity index is 1.36. The zero-order valence-corrected chi connectivity index (χ0v) is 22.3. The van der Waals surface area contributed by atoms with Crippen LogP contribution in [-0.2, 0) is 5.41 Å². The second kappa shape index (κ2) is 8.33. The van der Waals surface area contributed by atoms with Crippen molar-refractivity contribution in [1.29, 1.82) is 0 Å². The van der Waals surface area contributed by atoms with Gasteiger partial charge in [0.05, 0.1) is 0 Å². The molecule has 7 rings (SSSR count). The first kappa shape index (κ1) is 22.3. The quantitative estimate of drug-likeness (QED) is 0.235. The minimum Gasteiger partial charge on any atom is -0.342 e. The van der Waals surface area contributed by atoms with Gasteiger partial charge in [-0.15, -0.1) is 11.3 Å². The van der Waals surface area contributed by atoms with Crippen LogP contribution in [0.1, 0.15) is 31.9 Å². The zero-order valence-electron chi connectivity index (χ0n) is 21.5. The summed E-state index contributed by atoms with van der Waals surface area (Å²) in [5.74, 6) is 0. The average Bonchev–Trinajstić information content (AvgIpc) is 3.42. The molecule has 0 fully saturated rings. The van der Waals surface area contributed by atoms with Gasteiger partial charge >= 0.3 is 0 Å². The fraction of sp³-hybridized carbons (Fsp3) is 0.143. The molecule has 1 nitrogen and oxygen atoms in total. The normalized spacial score (nSPS) is 13.6. The second-order valence-electron chi connectivity index (χ2n) is 10.5. The second-order valence-corrected chi connectivity index (χ2v) is 11.5. The van der Waals surface area contributed by atoms with Gasteiger partial charge in [-0.25, -0.2) is 0 Å². The Bertz CT molecular complexity index is 1770. The molecule has 0 saturated carbocycles. The molecule has 0 bridgehead atoms. The van der Waals surface area contributed by atoms with Gasteiger partial charge in [0.2, 0.25) is 0 Å². The Morgan fingerprint density at radius 2 is 1.32 bits per heavy atom. The lowest BCUT2D eigenvalue weighted by molar-refractivity contribution is 0.661. The van der Waals surface area contributed by atoms with Gasteiger partial charge in [-0.1, -0.05) is 92.7 Å². The first-order valence-electron chi connectivity index (χ1n) is 13.1. The van der Waals surface area contributed by atoms with Crippen LogP contribution in [0.25, 0.3) is 42.4 Å². The van der Waals surface area contributed by atoms with Crippen molar-refractivity contribution in [1.82, 2.24) is 0 Å². The SMILES string of the molecule is CCN(c1ccc(-c2ccccc2)cc1)c1ccc2c(c1)-c1c(ccc3c1sc1ccccc13)C2(C)C. The van der Waals surface area contributed by atoms with E-state index >= 15 is 0 Å². The Kier molecular flexibility index (Phi) is 5.02. The molecule has 0 unspecified atom stereocenters. The maximum absolute atomic E-state index is 2.43. The lowest BCUT2D eigenvalue weighted by Gasteiger charge is -2.26. The standard InChI is InChI=1S/C35H29NS/c1-4-36(25-16-14-24(15-17-25)23-10-6-5-7-11-23)26-18-20-30-29(22-26)33-31(35(30,2)3)21-19-28-27-12-8-9-13-32(27)37-34(28)33/h5-22H,4H2,1-3H3. The minimum atomic E-state index is -0.0120. The smallest absolute Gasteiger partial charge is 0.0437 e. The highest BCUT2D eigenvalue weighted by atomic mass is 32.1. The molecule has 37 heavy (non-hydrogen) atoms. The van der Waals surface area contributed by atoms with Crippen LogP contribution in [0.15, 0.2) is 109 Å². The van der Waals surface area contributed by atoms with Crippen LogP contribution >= 0.6 is 11.3 Å². The number of nitrogens with zero attached hydrogens (tertiary/aromatic N) is 1. The van der Waals surface area contributed by atoms with E-state index in [4.69, 9.17) is 0 Å². The molecular weight excluding hydrogens is 466 g/mol. The summed E-state index contributed by atoms with van der Waals surface area (Å²) >= 11 is 1.93. The summed E-state index contributed by atoms with van der Waals surface area (Å²) in [5, 5.41) is 2.73. The summed E-state index contributed by atoms with van der Waals surface area (Å²) in [6, 6.07) is 40.2. The molecule has 0 N–H and O–H groups in total. The third-order valence-electron chi connectivity index (χ3n) is 8.08. The molecule has 5 aromatic carbocycles. The summed E-state index contributed by atoms with van der Waals surface area (Å²) in [5.41, 5.74) is 10.6. The van der Waals surface area contributed by atoms with Crippen molar-refractivity contribution >= 4 is 42.9 Å². The Morgan fingerprint density at radius 1 is 0.649 bits per heavy atom. The highest BCUT2D eigenvalue weighted by Gasteiger charge is 2.37. The Hall–Kier alpha value is -3.88. The maximum Gasteiger partial charge on any atom is 0.0437 e. The number of benzene rings is 5. The van der Waals surface area contributed by atoms with Crippen LogP contribution in [0.5, 0.6) is 0 Å². The summed E-state index contributed by atoms with van der Waals surface area (Å²) in [6.07, 6.45) is 0. The predicted octanol–water partition coefficient (Wildman–Crippen LogP) is 10.2. The van der Waals surface area contributed by atoms with E-state index in [9.17, 15) is 0 Å². The molecule has 180 valence electrons. The van der Waals surface area contributed by atoms with Crippen LogP contribution in [0.3, 0.4) is 0 Å². The molecule has 0 spiro atoms. The first-order valence-corrected chi connectivity index (χ1v) is 13.9. The highest BCUT2D eigenvalue weighted by Crippen LogP contribution is 2.54. The van der Waals surface area contributed by atoms with Crippen molar-refractivity contribution in [3.8, 4) is 22.3 Å². The Morgan fingerprint density at radius 3 is 2.11 bits per heavy atom. The van der Waals surface area contributed by atoms with Crippen molar-refractivity contribution in [2.75, 3.05) is 11.4 Å². The molecular formula is C35H29NS. The molecule has 0 atom stereocenters. The van der Waals surface area contributed by atoms with Crippen LogP contribution < -0.4 is 4.90 Å². The third-order valence-corrected chi connectivity index (χ3v) is 9.28. The van der Waals surface area contributed by atoms with Gasteiger partial charge in [-0.05, 0) is 65.1 Å². The van der Waals surface area contributed by atoms with Crippen molar-refractivity contribution in [3.63, 3.8) is 0 Å². The highest BCUT2D eigenvalue weighted by molar-refractivity contribution is 7.26. The topological polar surface area (TPSA) is 3.24 Å². The number of anilines is 2. The summed E-state index contributed by atoms with van der Waals surface area (Å²) in [6.45, 7) is 7.89. The third kappa shape index (κ3) is 3.36. The summed E-state index contributed by atoms with van der Waals surface area (Å²) in [4.78, 5) is 2.42. The summed E-state index contributed by atoms with van der Waals surface area (Å²) in [7, 11) is 0. The molecule has 0 amide bonds. The van der Waals surface area contributed by atoms with Gasteiger partial charge in [-0.2, -0.15) is 0 Å². The van der Waals surface area contributed by atoms with Crippen molar-refractivity contribution in [3.05, 3.63) is 120 Å². The van der Waals surface area contributed by atoms with Crippen LogP contribution in [0, 0.1) is 0 Å². The van der Waals surface area contributed by atoms with E-state index in [-0.39, 0.29) is 5.41 Å². The van der Waals surface area contributed by atoms with Crippen LogP contribution in [-0.4, -0.2) is 6.54 Å². The number of thiophene rings is 1. The maximum atomic E-state index is 2.43. The molecule has 1 heterocycles. The minimum absolute atomic E-state index is 0.0120. The molecule has 1 aliphatic rings. The van der Waals surface area contributed by atoms with E-state index in [1.54, 1.807) is 0 Å².